The van der Waals surface area contributed by atoms with E-state index in [1.165, 1.54) is 0 Å². The van der Waals surface area contributed by atoms with Gasteiger partial charge in [0.05, 0.1) is 12.2 Å². The number of aliphatic hydroxyl groups is 1. The minimum atomic E-state index is -1.06. The molecule has 8 nitrogen and oxygen atoms in total. The molecule has 0 saturated carbocycles. The molecule has 208 valence electrons. The summed E-state index contributed by atoms with van der Waals surface area (Å²) in [4.78, 5) is 30.5. The first-order valence-electron chi connectivity index (χ1n) is 13.9. The molecule has 0 aliphatic carbocycles. The van der Waals surface area contributed by atoms with E-state index in [1.807, 2.05) is 91.3 Å². The Kier molecular flexibility index (Phi) is 8.28. The van der Waals surface area contributed by atoms with Crippen LogP contribution in [0.3, 0.4) is 0 Å². The van der Waals surface area contributed by atoms with Crippen LogP contribution in [0.15, 0.2) is 83.7 Å². The van der Waals surface area contributed by atoms with Crippen molar-refractivity contribution >= 4 is 5.91 Å². The molecule has 5 rings (SSSR count). The van der Waals surface area contributed by atoms with Gasteiger partial charge in [-0.05, 0) is 75.0 Å². The van der Waals surface area contributed by atoms with Gasteiger partial charge in [0.1, 0.15) is 11.2 Å². The van der Waals surface area contributed by atoms with Gasteiger partial charge in [0, 0.05) is 24.5 Å². The quantitative estimate of drug-likeness (QED) is 0.301. The third-order valence-corrected chi connectivity index (χ3v) is 7.93. The lowest BCUT2D eigenvalue weighted by molar-refractivity contribution is -0.0154. The molecule has 0 bridgehead atoms. The number of hydrogen-bond acceptors (Lipinski definition) is 5. The monoisotopic (exact) mass is 539 g/mol. The van der Waals surface area contributed by atoms with Crippen LogP contribution in [0.4, 0.5) is 0 Å². The molecule has 1 amide bonds. The maximum Gasteiger partial charge on any atom is 0.261 e. The van der Waals surface area contributed by atoms with E-state index >= 15 is 0 Å². The molecule has 2 aromatic heterocycles. The maximum absolute atomic E-state index is 12.7. The van der Waals surface area contributed by atoms with E-state index in [0.717, 1.165) is 54.1 Å². The largest absolute Gasteiger partial charge is 0.380 e. The Morgan fingerprint density at radius 3 is 2.17 bits per heavy atom. The third-order valence-electron chi connectivity index (χ3n) is 7.93. The van der Waals surface area contributed by atoms with Crippen molar-refractivity contribution in [1.82, 2.24) is 25.0 Å². The Morgan fingerprint density at radius 1 is 1.00 bits per heavy atom. The molecule has 0 atom stereocenters. The van der Waals surface area contributed by atoms with E-state index in [0.29, 0.717) is 19.6 Å². The number of nitrogens with one attached hydrogen (secondary N) is 2. The highest BCUT2D eigenvalue weighted by molar-refractivity contribution is 5.93. The number of aromatic amines is 1. The van der Waals surface area contributed by atoms with Crippen molar-refractivity contribution in [3.05, 3.63) is 123 Å². The fourth-order valence-corrected chi connectivity index (χ4v) is 5.83. The minimum absolute atomic E-state index is 0.0631. The van der Waals surface area contributed by atoms with Crippen molar-refractivity contribution in [1.29, 1.82) is 0 Å². The molecule has 1 aliphatic rings. The predicted octanol–water partition coefficient (Wildman–Crippen LogP) is 3.77. The first-order valence-corrected chi connectivity index (χ1v) is 13.9. The second-order valence-corrected chi connectivity index (χ2v) is 10.7. The number of aromatic nitrogens is 3. The zero-order valence-corrected chi connectivity index (χ0v) is 23.1. The number of nitrogens with zero attached hydrogens (tertiary/aromatic N) is 3. The summed E-state index contributed by atoms with van der Waals surface area (Å²) in [5, 5.41) is 19.3. The molecule has 1 fully saturated rings. The number of likely N-dealkylation sites (tertiary alicyclic amines) is 1. The highest BCUT2D eigenvalue weighted by atomic mass is 16.3. The van der Waals surface area contributed by atoms with Crippen molar-refractivity contribution in [2.24, 2.45) is 5.92 Å². The normalized spacial score (nSPS) is 14.8. The van der Waals surface area contributed by atoms with Gasteiger partial charge in [0.25, 0.3) is 11.5 Å². The highest BCUT2D eigenvalue weighted by Crippen LogP contribution is 2.42. The van der Waals surface area contributed by atoms with Gasteiger partial charge in [-0.3, -0.25) is 19.2 Å². The van der Waals surface area contributed by atoms with Crippen LogP contribution in [0.5, 0.6) is 0 Å². The van der Waals surface area contributed by atoms with Crippen molar-refractivity contribution in [2.45, 2.75) is 45.4 Å². The van der Waals surface area contributed by atoms with Crippen molar-refractivity contribution in [3.63, 3.8) is 0 Å². The number of amides is 1. The summed E-state index contributed by atoms with van der Waals surface area (Å²) < 4.78 is 1.84. The maximum atomic E-state index is 12.7. The fraction of sp³-hybridized carbons (Fsp3) is 0.344. The number of carbonyl (C=O) groups is 1. The molecule has 8 heteroatoms. The summed E-state index contributed by atoms with van der Waals surface area (Å²) in [7, 11) is 0. The lowest BCUT2D eigenvalue weighted by Crippen LogP contribution is -2.44. The number of pyridine rings is 1. The smallest absolute Gasteiger partial charge is 0.261 e. The summed E-state index contributed by atoms with van der Waals surface area (Å²) in [6.45, 7) is 7.00. The minimum Gasteiger partial charge on any atom is -0.380 e. The second-order valence-electron chi connectivity index (χ2n) is 10.7. The average Bonchev–Trinajstić information content (AvgIpc) is 3.30. The van der Waals surface area contributed by atoms with Crippen LogP contribution in [0.1, 0.15) is 51.4 Å². The molecule has 1 saturated heterocycles. The van der Waals surface area contributed by atoms with Crippen LogP contribution in [0, 0.1) is 19.8 Å². The zero-order chi connectivity index (χ0) is 28.1. The van der Waals surface area contributed by atoms with Crippen molar-refractivity contribution in [2.75, 3.05) is 19.6 Å². The first-order chi connectivity index (χ1) is 19.3. The lowest BCUT2D eigenvalue weighted by atomic mass is 9.72. The standard InChI is InChI=1S/C32H37N5O3/c1-23-21-24(2)37(35-23)20-17-33-30(38)29-14-13-28(34-31(29)39)22-36-18-15-27(16-19-36)32(40,25-9-5-3-6-10-25)26-11-7-4-8-12-26/h3-14,21,27,40H,15-20,22H2,1-2H3,(H,33,38)(H,34,39). The summed E-state index contributed by atoms with van der Waals surface area (Å²) in [6, 6.07) is 25.2. The van der Waals surface area contributed by atoms with E-state index < -0.39 is 17.1 Å². The van der Waals surface area contributed by atoms with Gasteiger partial charge >= 0.3 is 0 Å². The Hall–Kier alpha value is -4.01. The molecule has 40 heavy (non-hydrogen) atoms. The lowest BCUT2D eigenvalue weighted by Gasteiger charge is -2.42. The number of aryl methyl sites for hydroxylation is 2. The van der Waals surface area contributed by atoms with Gasteiger partial charge < -0.3 is 15.4 Å². The van der Waals surface area contributed by atoms with E-state index in [-0.39, 0.29) is 11.5 Å². The fourth-order valence-electron chi connectivity index (χ4n) is 5.83. The summed E-state index contributed by atoms with van der Waals surface area (Å²) in [5.74, 6) is -0.329. The Bertz CT molecular complexity index is 1450. The number of benzene rings is 2. The van der Waals surface area contributed by atoms with Gasteiger partial charge in [-0.15, -0.1) is 0 Å². The molecule has 0 unspecified atom stereocenters. The molecule has 3 N–H and O–H groups in total. The molecule has 4 aromatic rings. The molecule has 0 spiro atoms. The van der Waals surface area contributed by atoms with Crippen molar-refractivity contribution < 1.29 is 9.90 Å². The first kappa shape index (κ1) is 27.6. The SMILES string of the molecule is Cc1cc(C)n(CCNC(=O)c2ccc(CN3CCC(C(O)(c4ccccc4)c4ccccc4)CC3)[nH]c2=O)n1. The van der Waals surface area contributed by atoms with Crippen molar-refractivity contribution in [3.8, 4) is 0 Å². The topological polar surface area (TPSA) is 103 Å². The van der Waals surface area contributed by atoms with Crippen LogP contribution < -0.4 is 10.9 Å². The number of piperidine rings is 1. The molecule has 2 aromatic carbocycles. The van der Waals surface area contributed by atoms with Crippen LogP contribution >= 0.6 is 0 Å². The van der Waals surface area contributed by atoms with Crippen LogP contribution in [-0.2, 0) is 18.7 Å². The second kappa shape index (κ2) is 12.0. The number of hydrogen-bond donors (Lipinski definition) is 3. The summed E-state index contributed by atoms with van der Waals surface area (Å²) in [5.41, 5.74) is 3.20. The molecule has 3 heterocycles. The van der Waals surface area contributed by atoms with Crippen LogP contribution in [0.25, 0.3) is 0 Å². The zero-order valence-electron chi connectivity index (χ0n) is 23.1. The molecule has 1 aliphatic heterocycles. The molecular weight excluding hydrogens is 502 g/mol. The summed E-state index contributed by atoms with van der Waals surface area (Å²) in [6.07, 6.45) is 1.64. The number of H-pyrrole nitrogens is 1. The van der Waals surface area contributed by atoms with E-state index in [9.17, 15) is 14.7 Å². The van der Waals surface area contributed by atoms with E-state index in [4.69, 9.17) is 0 Å². The highest BCUT2D eigenvalue weighted by Gasteiger charge is 2.41. The van der Waals surface area contributed by atoms with Gasteiger partial charge in [-0.1, -0.05) is 60.7 Å². The average molecular weight is 540 g/mol. The van der Waals surface area contributed by atoms with Gasteiger partial charge in [0.15, 0.2) is 0 Å². The summed E-state index contributed by atoms with van der Waals surface area (Å²) >= 11 is 0. The van der Waals surface area contributed by atoms with Crippen LogP contribution in [0.2, 0.25) is 0 Å². The number of carbonyl (C=O) groups excluding carboxylic acids is 1. The predicted molar refractivity (Wildman–Crippen MR) is 155 cm³/mol. The van der Waals surface area contributed by atoms with E-state index in [1.54, 1.807) is 6.07 Å². The number of rotatable bonds is 9. The Labute approximate surface area is 234 Å². The van der Waals surface area contributed by atoms with Crippen LogP contribution in [-0.4, -0.2) is 50.3 Å². The molecule has 0 radical (unpaired) electrons. The molecular formula is C32H37N5O3. The van der Waals surface area contributed by atoms with E-state index in [2.05, 4.69) is 20.3 Å². The Morgan fingerprint density at radius 2 is 1.62 bits per heavy atom. The Balaban J connectivity index is 1.19. The third kappa shape index (κ3) is 5.93. The van der Waals surface area contributed by atoms with Gasteiger partial charge in [0.2, 0.25) is 0 Å². The van der Waals surface area contributed by atoms with Gasteiger partial charge in [-0.2, -0.15) is 5.10 Å². The van der Waals surface area contributed by atoms with Gasteiger partial charge in [-0.25, -0.2) is 0 Å².